The summed E-state index contributed by atoms with van der Waals surface area (Å²) in [7, 11) is 0. The first-order valence-electron chi connectivity index (χ1n) is 13.7. The lowest BCUT2D eigenvalue weighted by atomic mass is 9.61. The monoisotopic (exact) mass is 488 g/mol. The van der Waals surface area contributed by atoms with E-state index in [2.05, 4.69) is 34.9 Å². The van der Waals surface area contributed by atoms with E-state index >= 15 is 0 Å². The maximum atomic E-state index is 13.9. The van der Waals surface area contributed by atoms with Crippen LogP contribution in [0, 0.1) is 29.2 Å². The van der Waals surface area contributed by atoms with Crippen molar-refractivity contribution in [1.29, 1.82) is 5.26 Å². The molecule has 3 heterocycles. The Morgan fingerprint density at radius 1 is 1.22 bits per heavy atom. The number of rotatable bonds is 5. The van der Waals surface area contributed by atoms with Crippen LogP contribution in [0.1, 0.15) is 75.5 Å². The van der Waals surface area contributed by atoms with Crippen LogP contribution in [0.2, 0.25) is 0 Å². The Hall–Kier alpha value is -2.92. The van der Waals surface area contributed by atoms with Gasteiger partial charge in [-0.15, -0.1) is 5.10 Å². The van der Waals surface area contributed by atoms with Crippen LogP contribution in [0.4, 0.5) is 5.69 Å². The molecule has 1 saturated heterocycles. The quantitative estimate of drug-likeness (QED) is 0.620. The van der Waals surface area contributed by atoms with Gasteiger partial charge in [-0.3, -0.25) is 9.48 Å². The molecule has 8 heteroatoms. The van der Waals surface area contributed by atoms with Crippen molar-refractivity contribution in [2.24, 2.45) is 17.8 Å². The molecule has 6 rings (SSSR count). The molecule has 0 spiro atoms. The number of fused-ring (bicyclic) bond motifs is 2. The summed E-state index contributed by atoms with van der Waals surface area (Å²) in [6.45, 7) is 3.34. The highest BCUT2D eigenvalue weighted by Gasteiger charge is 2.57. The van der Waals surface area contributed by atoms with Gasteiger partial charge in [0.1, 0.15) is 0 Å². The van der Waals surface area contributed by atoms with Crippen LogP contribution < -0.4 is 5.32 Å². The predicted octanol–water partition coefficient (Wildman–Crippen LogP) is 3.79. The Kier molecular flexibility index (Phi) is 5.99. The van der Waals surface area contributed by atoms with Gasteiger partial charge in [0.05, 0.1) is 23.3 Å². The molecule has 4 aliphatic rings. The standard InChI is InChI=1S/C28H36N6O2/c1-18-21-14-26(33(17-29)15-20(21)10-11-25(18)35)28(22-8-4-5-9-23(22)30-27(28)36)12-13-34-16-24(31-32-34)19-6-2-3-7-19/h4-5,8-9,16,18-21,25-26,35H,2-3,6-7,10-15H2,1H3,(H,30,36)/t18-,20+,21-,25+,26+,28+/m1/s1. The number of aliphatic hydroxyl groups is 1. The topological polar surface area (TPSA) is 107 Å². The third-order valence-corrected chi connectivity index (χ3v) is 9.85. The molecular formula is C28H36N6O2. The molecule has 6 atom stereocenters. The largest absolute Gasteiger partial charge is 0.393 e. The number of amides is 1. The summed E-state index contributed by atoms with van der Waals surface area (Å²) in [4.78, 5) is 15.8. The van der Waals surface area contributed by atoms with Crippen LogP contribution in [0.5, 0.6) is 0 Å². The normalized spacial score (nSPS) is 34.2. The van der Waals surface area contributed by atoms with E-state index in [0.29, 0.717) is 37.3 Å². The summed E-state index contributed by atoms with van der Waals surface area (Å²) in [6, 6.07) is 7.66. The molecule has 36 heavy (non-hydrogen) atoms. The van der Waals surface area contributed by atoms with Gasteiger partial charge >= 0.3 is 0 Å². The number of para-hydroxylation sites is 1. The number of benzene rings is 1. The van der Waals surface area contributed by atoms with Gasteiger partial charge in [-0.1, -0.05) is 43.2 Å². The molecular weight excluding hydrogens is 452 g/mol. The number of aromatic nitrogens is 3. The minimum Gasteiger partial charge on any atom is -0.393 e. The van der Waals surface area contributed by atoms with E-state index in [1.807, 2.05) is 33.8 Å². The number of aliphatic hydroxyl groups excluding tert-OH is 1. The molecule has 8 nitrogen and oxygen atoms in total. The zero-order valence-corrected chi connectivity index (χ0v) is 21.0. The van der Waals surface area contributed by atoms with E-state index in [0.717, 1.165) is 36.2 Å². The summed E-state index contributed by atoms with van der Waals surface area (Å²) in [5.74, 6) is 1.29. The van der Waals surface area contributed by atoms with Crippen molar-refractivity contribution in [1.82, 2.24) is 19.9 Å². The molecule has 3 fully saturated rings. The van der Waals surface area contributed by atoms with Crippen molar-refractivity contribution in [2.75, 3.05) is 11.9 Å². The number of anilines is 1. The van der Waals surface area contributed by atoms with E-state index < -0.39 is 5.41 Å². The Morgan fingerprint density at radius 2 is 2.03 bits per heavy atom. The van der Waals surface area contributed by atoms with Crippen molar-refractivity contribution in [3.8, 4) is 6.19 Å². The van der Waals surface area contributed by atoms with Crippen molar-refractivity contribution in [3.63, 3.8) is 0 Å². The molecule has 0 bridgehead atoms. The second-order valence-corrected chi connectivity index (χ2v) is 11.5. The molecule has 190 valence electrons. The Balaban J connectivity index is 1.35. The molecule has 1 amide bonds. The highest BCUT2D eigenvalue weighted by molar-refractivity contribution is 6.07. The highest BCUT2D eigenvalue weighted by Crippen LogP contribution is 2.51. The first-order chi connectivity index (χ1) is 17.5. The predicted molar refractivity (Wildman–Crippen MR) is 135 cm³/mol. The average Bonchev–Trinajstić information content (AvgIpc) is 3.64. The number of hydrogen-bond donors (Lipinski definition) is 2. The molecule has 2 N–H and O–H groups in total. The summed E-state index contributed by atoms with van der Waals surface area (Å²) in [5.41, 5.74) is 2.00. The van der Waals surface area contributed by atoms with Gasteiger partial charge in [0, 0.05) is 30.9 Å². The first kappa shape index (κ1) is 23.5. The second-order valence-electron chi connectivity index (χ2n) is 11.5. The van der Waals surface area contributed by atoms with Crippen LogP contribution in [-0.4, -0.2) is 49.6 Å². The summed E-state index contributed by atoms with van der Waals surface area (Å²) in [6.07, 6.45) is 12.0. The maximum Gasteiger partial charge on any atom is 0.237 e. The van der Waals surface area contributed by atoms with Gasteiger partial charge in [0.2, 0.25) is 5.91 Å². The SMILES string of the molecule is C[C@@H]1[C@H]2C[C@@H]([C@@]3(CCn4cc(C5CCCC5)nn4)C(=O)Nc4ccccc43)N(C#N)C[C@@H]2CC[C@@H]1O. The molecule has 1 aromatic heterocycles. The summed E-state index contributed by atoms with van der Waals surface area (Å²) < 4.78 is 1.89. The number of likely N-dealkylation sites (tertiary alicyclic amines) is 1. The van der Waals surface area contributed by atoms with E-state index in [9.17, 15) is 15.2 Å². The fourth-order valence-electron chi connectivity index (χ4n) is 7.76. The van der Waals surface area contributed by atoms with Crippen LogP contribution in [0.25, 0.3) is 0 Å². The van der Waals surface area contributed by atoms with Crippen molar-refractivity contribution in [3.05, 3.63) is 41.7 Å². The smallest absolute Gasteiger partial charge is 0.237 e. The van der Waals surface area contributed by atoms with E-state index in [1.165, 1.54) is 25.7 Å². The zero-order valence-electron chi connectivity index (χ0n) is 21.0. The molecule has 2 saturated carbocycles. The number of aryl methyl sites for hydroxylation is 1. The van der Waals surface area contributed by atoms with Gasteiger partial charge in [0.15, 0.2) is 6.19 Å². The molecule has 2 aliphatic heterocycles. The van der Waals surface area contributed by atoms with E-state index in [1.54, 1.807) is 0 Å². The molecule has 0 unspecified atom stereocenters. The maximum absolute atomic E-state index is 13.9. The van der Waals surface area contributed by atoms with Crippen molar-refractivity contribution < 1.29 is 9.90 Å². The van der Waals surface area contributed by atoms with Gasteiger partial charge < -0.3 is 15.3 Å². The minimum atomic E-state index is -0.862. The molecule has 2 aromatic rings. The van der Waals surface area contributed by atoms with Crippen LogP contribution in [0.15, 0.2) is 30.5 Å². The number of nitrogens with one attached hydrogen (secondary N) is 1. The number of carbonyl (C=O) groups excluding carboxylic acids is 1. The number of hydrogen-bond acceptors (Lipinski definition) is 6. The summed E-state index contributed by atoms with van der Waals surface area (Å²) in [5, 5.41) is 32.9. The lowest BCUT2D eigenvalue weighted by Crippen LogP contribution is -2.60. The third-order valence-electron chi connectivity index (χ3n) is 9.85. The van der Waals surface area contributed by atoms with Crippen molar-refractivity contribution >= 4 is 11.6 Å². The van der Waals surface area contributed by atoms with Gasteiger partial charge in [-0.05, 0) is 67.9 Å². The Morgan fingerprint density at radius 3 is 2.83 bits per heavy atom. The number of nitrogens with zero attached hydrogens (tertiary/aromatic N) is 5. The molecule has 2 aliphatic carbocycles. The fraction of sp³-hybridized carbons (Fsp3) is 0.643. The first-order valence-corrected chi connectivity index (χ1v) is 13.7. The molecule has 1 aromatic carbocycles. The Labute approximate surface area is 212 Å². The zero-order chi connectivity index (χ0) is 24.9. The summed E-state index contributed by atoms with van der Waals surface area (Å²) >= 11 is 0. The number of piperidine rings is 1. The van der Waals surface area contributed by atoms with Crippen LogP contribution in [-0.2, 0) is 16.8 Å². The average molecular weight is 489 g/mol. The highest BCUT2D eigenvalue weighted by atomic mass is 16.3. The third kappa shape index (κ3) is 3.71. The van der Waals surface area contributed by atoms with Crippen LogP contribution >= 0.6 is 0 Å². The Bertz CT molecular complexity index is 1170. The number of carbonyl (C=O) groups is 1. The molecule has 0 radical (unpaired) electrons. The van der Waals surface area contributed by atoms with Gasteiger partial charge in [0.25, 0.3) is 0 Å². The lowest BCUT2D eigenvalue weighted by molar-refractivity contribution is -0.126. The number of nitriles is 1. The van der Waals surface area contributed by atoms with Gasteiger partial charge in [-0.25, -0.2) is 0 Å². The lowest BCUT2D eigenvalue weighted by Gasteiger charge is -2.52. The van der Waals surface area contributed by atoms with E-state index in [4.69, 9.17) is 0 Å². The fourth-order valence-corrected chi connectivity index (χ4v) is 7.76. The second kappa shape index (κ2) is 9.19. The van der Waals surface area contributed by atoms with Crippen LogP contribution in [0.3, 0.4) is 0 Å². The van der Waals surface area contributed by atoms with E-state index in [-0.39, 0.29) is 24.0 Å². The van der Waals surface area contributed by atoms with Gasteiger partial charge in [-0.2, -0.15) is 5.26 Å². The minimum absolute atomic E-state index is 0.0347. The van der Waals surface area contributed by atoms with Crippen molar-refractivity contribution in [2.45, 2.75) is 88.3 Å².